The highest BCUT2D eigenvalue weighted by Gasteiger charge is 2.32. The highest BCUT2D eigenvalue weighted by atomic mass is 31.1. The molecule has 4 N–H and O–H groups in total. The van der Waals surface area contributed by atoms with Crippen LogP contribution in [0.1, 0.15) is 52.9 Å². The third-order valence-electron chi connectivity index (χ3n) is 11.2. The molecule has 0 atom stereocenters. The Bertz CT molecular complexity index is 3890. The molecule has 1 amide bonds. The van der Waals surface area contributed by atoms with Crippen molar-refractivity contribution in [1.82, 2.24) is 29.4 Å². The lowest BCUT2D eigenvalue weighted by atomic mass is 8.50. The van der Waals surface area contributed by atoms with Crippen molar-refractivity contribution in [3.05, 3.63) is 129 Å². The molecule has 0 aliphatic rings. The monoisotopic (exact) mass is 1210 g/mol. The summed E-state index contributed by atoms with van der Waals surface area (Å²) in [5.74, 6) is 35.3. The summed E-state index contributed by atoms with van der Waals surface area (Å²) in [6.45, 7) is 11.1. The zero-order chi connectivity index (χ0) is 68.1. The molecule has 432 valence electrons. The van der Waals surface area contributed by atoms with Crippen LogP contribution in [0.4, 0.5) is 23.3 Å². The summed E-state index contributed by atoms with van der Waals surface area (Å²) in [7, 11) is 45.4. The van der Waals surface area contributed by atoms with E-state index in [1.165, 1.54) is 55.3 Å². The van der Waals surface area contributed by atoms with Gasteiger partial charge in [0, 0.05) is 133 Å². The molecular weight excluding hydrogens is 1160 g/mol. The van der Waals surface area contributed by atoms with Crippen LogP contribution in [-0.4, -0.2) is 174 Å². The van der Waals surface area contributed by atoms with Crippen molar-refractivity contribution in [2.75, 3.05) is 48.2 Å². The number of terminal acetylenes is 1. The van der Waals surface area contributed by atoms with Gasteiger partial charge in [0.05, 0.1) is 40.6 Å². The van der Waals surface area contributed by atoms with Gasteiger partial charge >= 0.3 is 5.97 Å². The molecule has 0 aliphatic carbocycles. The Morgan fingerprint density at radius 3 is 1.41 bits per heavy atom. The predicted molar refractivity (Wildman–Crippen MR) is 374 cm³/mol. The maximum atomic E-state index is 12.8. The number of nitrogens with zero attached hydrogens (tertiary/aromatic N) is 8. The molecule has 16 radical (unpaired) electrons. The van der Waals surface area contributed by atoms with Crippen LogP contribution in [-0.2, 0) is 31.7 Å². The number of carbonyl (C=O) groups is 2. The quantitative estimate of drug-likeness (QED) is 0.0567. The minimum Gasteiger partial charge on any atom is -0.489 e. The van der Waals surface area contributed by atoms with Gasteiger partial charge in [-0.2, -0.15) is 0 Å². The van der Waals surface area contributed by atoms with Crippen LogP contribution in [0.15, 0.2) is 104 Å². The number of benzene rings is 2. The maximum absolute atomic E-state index is 12.8. The molecule has 0 saturated carbocycles. The second-order valence-electron chi connectivity index (χ2n) is 17.4. The van der Waals surface area contributed by atoms with Crippen LogP contribution in [0.3, 0.4) is 0 Å². The SMILES string of the molecule is C#CC#CC#CC#CC#CC#CC#CC#CC.CCN(Cc1ccccc1)c1nc(C(=O)Nc2cnoc2)c(OC)c(=O)n1C.CCN(Cc1ccccc1)c1nc(C(=O)O)c(OC)c(=O)n1C.C[B]P=O.Nc1cnoc1.[B][B]B(B([B])[B])B(B([B])[B])B([B])[B]. The van der Waals surface area contributed by atoms with Gasteiger partial charge in [-0.15, -0.1) is 6.42 Å². The predicted octanol–water partition coefficient (Wildman–Crippen LogP) is 0.484. The second-order valence-corrected chi connectivity index (χ2v) is 18.1. The number of carboxylic acids is 1. The summed E-state index contributed by atoms with van der Waals surface area (Å²) in [5.41, 5.74) is 6.68. The summed E-state index contributed by atoms with van der Waals surface area (Å²) in [6.07, 6.45) is 7.46. The third-order valence-corrected chi connectivity index (χ3v) is 11.4. The normalized spacial score (nSPS) is 8.69. The first-order valence-electron chi connectivity index (χ1n) is 26.7. The minimum absolute atomic E-state index is 0.103. The zero-order valence-electron chi connectivity index (χ0n) is 51.3. The number of nitrogen functional groups attached to an aromatic ring is 1. The van der Waals surface area contributed by atoms with E-state index in [0.717, 1.165) is 11.1 Å². The van der Waals surface area contributed by atoms with Crippen LogP contribution < -0.4 is 41.4 Å². The lowest BCUT2D eigenvalue weighted by molar-refractivity contribution is 0.0685. The van der Waals surface area contributed by atoms with Crippen LogP contribution in [0, 0.1) is 95.2 Å². The molecule has 6 aromatic rings. The number of carbonyl (C=O) groups excluding carboxylic acids is 1. The van der Waals surface area contributed by atoms with E-state index in [-0.39, 0.29) is 37.6 Å². The highest BCUT2D eigenvalue weighted by Crippen LogP contribution is 2.21. The summed E-state index contributed by atoms with van der Waals surface area (Å²) in [5, 5.41) is 18.7. The average Bonchev–Trinajstić information content (AvgIpc) is 0.980. The molecule has 2 aromatic carbocycles. The van der Waals surface area contributed by atoms with Gasteiger partial charge in [0.1, 0.15) is 18.2 Å². The first-order valence-corrected chi connectivity index (χ1v) is 27.6. The number of aromatic carboxylic acids is 1. The molecule has 0 spiro atoms. The van der Waals surface area contributed by atoms with Crippen molar-refractivity contribution in [3.63, 3.8) is 0 Å². The topological polar surface area (TPSA) is 256 Å². The first-order chi connectivity index (χ1) is 43.7. The Morgan fingerprint density at radius 1 is 0.703 bits per heavy atom. The molecule has 4 aromatic heterocycles. The summed E-state index contributed by atoms with van der Waals surface area (Å²) in [6, 6.07) is 19.5. The van der Waals surface area contributed by atoms with E-state index in [2.05, 4.69) is 119 Å². The van der Waals surface area contributed by atoms with Gasteiger partial charge in [-0.3, -0.25) is 28.1 Å². The van der Waals surface area contributed by atoms with Crippen molar-refractivity contribution in [3.8, 4) is 107 Å². The molecule has 91 heavy (non-hydrogen) atoms. The molecule has 20 nitrogen and oxygen atoms in total. The van der Waals surface area contributed by atoms with Crippen molar-refractivity contribution in [1.29, 1.82) is 0 Å². The first kappa shape index (κ1) is 79.1. The van der Waals surface area contributed by atoms with Gasteiger partial charge in [-0.05, 0) is 115 Å². The number of carboxylic acid groups (broad SMARTS) is 1. The van der Waals surface area contributed by atoms with E-state index >= 15 is 0 Å². The van der Waals surface area contributed by atoms with Gasteiger partial charge in [-0.1, -0.05) is 83.7 Å². The number of ether oxygens (including phenoxy) is 2. The Balaban J connectivity index is 0.000000593. The van der Waals surface area contributed by atoms with Gasteiger partial charge in [0.25, 0.3) is 17.0 Å². The lowest BCUT2D eigenvalue weighted by Crippen LogP contribution is -2.69. The molecule has 0 unspecified atom stereocenters. The second kappa shape index (κ2) is 46.2. The van der Waals surface area contributed by atoms with Crippen molar-refractivity contribution >= 4 is 144 Å². The molecule has 0 bridgehead atoms. The fourth-order valence-electron chi connectivity index (χ4n) is 7.02. The number of aromatic nitrogens is 6. The highest BCUT2D eigenvalue weighted by molar-refractivity contribution is 8.07. The number of amides is 1. The van der Waals surface area contributed by atoms with E-state index in [4.69, 9.17) is 80.3 Å². The Morgan fingerprint density at radius 2 is 1.11 bits per heavy atom. The van der Waals surface area contributed by atoms with Crippen LogP contribution in [0.25, 0.3) is 0 Å². The number of rotatable bonds is 19. The zero-order valence-corrected chi connectivity index (χ0v) is 52.2. The maximum Gasteiger partial charge on any atom is 0.358 e. The number of methoxy groups -OCH3 is 2. The summed E-state index contributed by atoms with van der Waals surface area (Å²) >= 11 is 0. The summed E-state index contributed by atoms with van der Waals surface area (Å²) < 4.78 is 31.0. The van der Waals surface area contributed by atoms with E-state index in [1.54, 1.807) is 34.8 Å². The number of hydrogen-bond acceptors (Lipinski definition) is 16. The largest absolute Gasteiger partial charge is 0.489 e. The number of nitrogens with one attached hydrogen (secondary N) is 1. The molecule has 0 fully saturated rings. The van der Waals surface area contributed by atoms with Gasteiger partial charge < -0.3 is 44.5 Å². The average molecular weight is 1210 g/mol. The number of hydrogen-bond donors (Lipinski definition) is 3. The number of nitrogens with two attached hydrogens (primary N) is 1. The lowest BCUT2D eigenvalue weighted by Gasteiger charge is -2.31. The van der Waals surface area contributed by atoms with E-state index < -0.39 is 48.5 Å². The van der Waals surface area contributed by atoms with Crippen molar-refractivity contribution in [2.24, 2.45) is 14.1 Å². The number of anilines is 4. The molecule has 35 heteroatoms. The minimum atomic E-state index is -1.29. The van der Waals surface area contributed by atoms with Crippen LogP contribution in [0.2, 0.25) is 6.82 Å². The Kier molecular flexibility index (Phi) is 40.1. The van der Waals surface area contributed by atoms with E-state index in [1.807, 2.05) is 84.3 Å². The van der Waals surface area contributed by atoms with E-state index in [0.29, 0.717) is 49.5 Å². The Hall–Kier alpha value is -9.95. The molecule has 6 rings (SSSR count). The van der Waals surface area contributed by atoms with Crippen molar-refractivity contribution < 1.29 is 37.8 Å². The summed E-state index contributed by atoms with van der Waals surface area (Å²) in [4.78, 5) is 61.5. The van der Waals surface area contributed by atoms with Crippen molar-refractivity contribution in [2.45, 2.75) is 40.7 Å². The van der Waals surface area contributed by atoms with E-state index in [9.17, 15) is 28.8 Å². The fraction of sp³-hybridized carbons (Fsp3) is 0.214. The van der Waals surface area contributed by atoms with Gasteiger partial charge in [0.15, 0.2) is 11.4 Å². The van der Waals surface area contributed by atoms with Gasteiger partial charge in [0.2, 0.25) is 30.4 Å². The van der Waals surface area contributed by atoms with Gasteiger partial charge in [-0.25, -0.2) is 14.8 Å². The van der Waals surface area contributed by atoms with Crippen LogP contribution in [0.5, 0.6) is 11.5 Å². The molecule has 0 aliphatic heterocycles. The Labute approximate surface area is 546 Å². The molecular formula is C56H51B14N10O10P. The third kappa shape index (κ3) is 29.3. The standard InChI is InChI=1S/C19H21N5O4.C17H4.C16H19N3O4.C3H4N2O.CH3BOP.B13/c1-4-24(11-13-8-6-5-7-9-13)19-22-15(16(27-3)18(26)23(19)2)17(25)21-14-10-20-28-12-14;1-3-5-7-9-11-13-15-17-16-14-12-10-8-6-4-2;1-4-19(10-11-8-6-5-7-9-11)16-17-12(15(21)22)13(23-3)14(20)18(16)2;4-3-1-5-6-2-3;1-2-4-3;1-8-12(9(2)3)13(10(4)5)11(6)7/h5-10,12H,4,11H2,1-3H3,(H,21,25);1H,2H3;5-9H,4,10H2,1-3H3,(H,21,22);1-2H,4H2;1H3;. The molecule has 4 heterocycles. The fourth-order valence-corrected chi connectivity index (χ4v) is 7.02. The van der Waals surface area contributed by atoms with Crippen LogP contribution >= 0.6 is 8.34 Å². The molecule has 0 saturated heterocycles. The smallest absolute Gasteiger partial charge is 0.358 e.